The molecule has 0 radical (unpaired) electrons. The molecule has 0 amide bonds. The van der Waals surface area contributed by atoms with Crippen LogP contribution in [0, 0.1) is 0 Å². The number of sulfonamides is 1. The lowest BCUT2D eigenvalue weighted by Crippen LogP contribution is -2.55. The minimum atomic E-state index is -3.14. The Balaban J connectivity index is 1.57. The van der Waals surface area contributed by atoms with E-state index in [9.17, 15) is 8.42 Å². The van der Waals surface area contributed by atoms with E-state index in [1.54, 1.807) is 0 Å². The molecule has 0 aliphatic carbocycles. The van der Waals surface area contributed by atoms with Crippen LogP contribution in [0.2, 0.25) is 0 Å². The normalized spacial score (nSPS) is 39.0. The van der Waals surface area contributed by atoms with Gasteiger partial charge in [-0.05, 0) is 52.1 Å². The van der Waals surface area contributed by atoms with Crippen molar-refractivity contribution in [3.05, 3.63) is 0 Å². The van der Waals surface area contributed by atoms with Crippen LogP contribution in [0.4, 0.5) is 0 Å². The van der Waals surface area contributed by atoms with Gasteiger partial charge < -0.3 is 10.2 Å². The van der Waals surface area contributed by atoms with Crippen LogP contribution in [0.25, 0.3) is 0 Å². The van der Waals surface area contributed by atoms with Crippen LogP contribution in [0.5, 0.6) is 0 Å². The quantitative estimate of drug-likeness (QED) is 0.801. The third-order valence-electron chi connectivity index (χ3n) is 5.27. The Morgan fingerprint density at radius 1 is 1.15 bits per heavy atom. The molecule has 0 saturated carbocycles. The SMILES string of the molecule is CN1C2CCCC1CC(NS(=O)(=O)CC1CCCN1)C2. The van der Waals surface area contributed by atoms with E-state index < -0.39 is 10.0 Å². The summed E-state index contributed by atoms with van der Waals surface area (Å²) in [5.74, 6) is 0.245. The maximum atomic E-state index is 12.3. The molecule has 0 spiro atoms. The largest absolute Gasteiger partial charge is 0.313 e. The van der Waals surface area contributed by atoms with Gasteiger partial charge in [-0.2, -0.15) is 0 Å². The summed E-state index contributed by atoms with van der Waals surface area (Å²) in [5, 5.41) is 3.27. The highest BCUT2D eigenvalue weighted by Crippen LogP contribution is 2.32. The van der Waals surface area contributed by atoms with Crippen LogP contribution in [-0.2, 0) is 10.0 Å². The molecule has 0 aromatic rings. The van der Waals surface area contributed by atoms with Crippen LogP contribution >= 0.6 is 0 Å². The molecule has 3 saturated heterocycles. The topological polar surface area (TPSA) is 61.4 Å². The summed E-state index contributed by atoms with van der Waals surface area (Å²) in [7, 11) is -0.948. The lowest BCUT2D eigenvalue weighted by atomic mass is 9.83. The van der Waals surface area contributed by atoms with E-state index >= 15 is 0 Å². The maximum absolute atomic E-state index is 12.3. The van der Waals surface area contributed by atoms with Gasteiger partial charge in [0.15, 0.2) is 0 Å². The van der Waals surface area contributed by atoms with Crippen molar-refractivity contribution in [2.24, 2.45) is 0 Å². The van der Waals surface area contributed by atoms with E-state index in [0.717, 1.165) is 32.2 Å². The second-order valence-electron chi connectivity index (χ2n) is 6.76. The first-order valence-electron chi connectivity index (χ1n) is 7.99. The van der Waals surface area contributed by atoms with Gasteiger partial charge >= 0.3 is 0 Å². The molecule has 3 fully saturated rings. The average Bonchev–Trinajstić information content (AvgIpc) is 2.82. The van der Waals surface area contributed by atoms with Crippen molar-refractivity contribution in [1.82, 2.24) is 14.9 Å². The van der Waals surface area contributed by atoms with Crippen molar-refractivity contribution in [1.29, 1.82) is 0 Å². The molecule has 2 bridgehead atoms. The van der Waals surface area contributed by atoms with Gasteiger partial charge in [-0.3, -0.25) is 0 Å². The van der Waals surface area contributed by atoms with E-state index in [0.29, 0.717) is 12.1 Å². The van der Waals surface area contributed by atoms with E-state index in [-0.39, 0.29) is 17.8 Å². The van der Waals surface area contributed by atoms with Crippen molar-refractivity contribution in [2.45, 2.75) is 69.1 Å². The molecule has 2 N–H and O–H groups in total. The van der Waals surface area contributed by atoms with Crippen molar-refractivity contribution >= 4 is 10.0 Å². The minimum absolute atomic E-state index is 0.146. The Morgan fingerprint density at radius 2 is 1.85 bits per heavy atom. The summed E-state index contributed by atoms with van der Waals surface area (Å²) in [4.78, 5) is 2.47. The van der Waals surface area contributed by atoms with E-state index in [2.05, 4.69) is 22.0 Å². The zero-order valence-corrected chi connectivity index (χ0v) is 13.2. The standard InChI is InChI=1S/C14H27N3O2S/c1-17-13-5-2-6-14(17)9-12(8-13)16-20(18,19)10-11-4-3-7-15-11/h11-16H,2-10H2,1H3. The number of hydrogen-bond donors (Lipinski definition) is 2. The molecule has 3 atom stereocenters. The van der Waals surface area contributed by atoms with Crippen LogP contribution in [0.3, 0.4) is 0 Å². The fraction of sp³-hybridized carbons (Fsp3) is 1.00. The summed E-state index contributed by atoms with van der Waals surface area (Å²) < 4.78 is 27.6. The Hall–Kier alpha value is -0.170. The molecule has 3 heterocycles. The first-order valence-corrected chi connectivity index (χ1v) is 9.64. The summed E-state index contributed by atoms with van der Waals surface area (Å²) >= 11 is 0. The highest BCUT2D eigenvalue weighted by atomic mass is 32.2. The fourth-order valence-electron chi connectivity index (χ4n) is 4.18. The van der Waals surface area contributed by atoms with Gasteiger partial charge in [0.25, 0.3) is 0 Å². The predicted molar refractivity (Wildman–Crippen MR) is 80.2 cm³/mol. The second-order valence-corrected chi connectivity index (χ2v) is 8.56. The van der Waals surface area contributed by atoms with E-state index in [1.807, 2.05) is 0 Å². The lowest BCUT2D eigenvalue weighted by molar-refractivity contribution is 0.0536. The highest BCUT2D eigenvalue weighted by Gasteiger charge is 2.37. The Morgan fingerprint density at radius 3 is 2.45 bits per heavy atom. The van der Waals surface area contributed by atoms with Crippen molar-refractivity contribution < 1.29 is 8.42 Å². The number of hydrogen-bond acceptors (Lipinski definition) is 4. The van der Waals surface area contributed by atoms with Crippen molar-refractivity contribution in [3.63, 3.8) is 0 Å². The number of rotatable bonds is 4. The molecule has 0 aromatic carbocycles. The molecule has 116 valence electrons. The van der Waals surface area contributed by atoms with Crippen molar-refractivity contribution in [2.75, 3.05) is 19.3 Å². The Bertz CT molecular complexity index is 420. The summed E-state index contributed by atoms with van der Waals surface area (Å²) in [6, 6.07) is 1.44. The van der Waals surface area contributed by atoms with Gasteiger partial charge in [0.1, 0.15) is 0 Å². The maximum Gasteiger partial charge on any atom is 0.213 e. The number of nitrogens with zero attached hydrogens (tertiary/aromatic N) is 1. The van der Waals surface area contributed by atoms with Crippen LogP contribution < -0.4 is 10.0 Å². The third-order valence-corrected chi connectivity index (χ3v) is 6.80. The minimum Gasteiger partial charge on any atom is -0.313 e. The number of piperidine rings is 2. The summed E-state index contributed by atoms with van der Waals surface area (Å²) in [6.07, 6.45) is 7.77. The van der Waals surface area contributed by atoms with Gasteiger partial charge in [-0.25, -0.2) is 13.1 Å². The number of fused-ring (bicyclic) bond motifs is 2. The second kappa shape index (κ2) is 5.91. The molecular formula is C14H27N3O2S. The van der Waals surface area contributed by atoms with Gasteiger partial charge in [0.05, 0.1) is 5.75 Å². The molecule has 3 rings (SSSR count). The van der Waals surface area contributed by atoms with E-state index in [1.165, 1.54) is 19.3 Å². The fourth-order valence-corrected chi connectivity index (χ4v) is 5.79. The third kappa shape index (κ3) is 3.35. The monoisotopic (exact) mass is 301 g/mol. The molecule has 3 aliphatic heterocycles. The predicted octanol–water partition coefficient (Wildman–Crippen LogP) is 0.673. The average molecular weight is 301 g/mol. The lowest BCUT2D eigenvalue weighted by Gasteiger charge is -2.47. The molecule has 6 heteroatoms. The zero-order valence-electron chi connectivity index (χ0n) is 12.3. The van der Waals surface area contributed by atoms with Crippen LogP contribution in [0.1, 0.15) is 44.9 Å². The zero-order chi connectivity index (χ0) is 14.2. The van der Waals surface area contributed by atoms with Gasteiger partial charge in [-0.1, -0.05) is 6.42 Å². The Labute approximate surface area is 122 Å². The molecular weight excluding hydrogens is 274 g/mol. The van der Waals surface area contributed by atoms with Gasteiger partial charge in [-0.15, -0.1) is 0 Å². The van der Waals surface area contributed by atoms with Gasteiger partial charge in [0.2, 0.25) is 10.0 Å². The highest BCUT2D eigenvalue weighted by molar-refractivity contribution is 7.89. The molecule has 0 aromatic heterocycles. The first-order chi connectivity index (χ1) is 9.53. The smallest absolute Gasteiger partial charge is 0.213 e. The first kappa shape index (κ1) is 14.8. The van der Waals surface area contributed by atoms with Crippen molar-refractivity contribution in [3.8, 4) is 0 Å². The number of nitrogens with one attached hydrogen (secondary N) is 2. The van der Waals surface area contributed by atoms with E-state index in [4.69, 9.17) is 0 Å². The molecule has 5 nitrogen and oxygen atoms in total. The summed E-state index contributed by atoms with van der Waals surface area (Å²) in [5.41, 5.74) is 0. The molecule has 3 unspecified atom stereocenters. The molecule has 3 aliphatic rings. The van der Waals surface area contributed by atoms with Crippen LogP contribution in [-0.4, -0.2) is 56.8 Å². The summed E-state index contributed by atoms with van der Waals surface area (Å²) in [6.45, 7) is 0.957. The van der Waals surface area contributed by atoms with Crippen LogP contribution in [0.15, 0.2) is 0 Å². The Kier molecular flexibility index (Phi) is 4.36. The van der Waals surface area contributed by atoms with Gasteiger partial charge in [0, 0.05) is 24.2 Å². The molecule has 20 heavy (non-hydrogen) atoms.